The van der Waals surface area contributed by atoms with Gasteiger partial charge >= 0.3 is 0 Å². The first kappa shape index (κ1) is 10.5. The molecular formula is C12H14N2. The summed E-state index contributed by atoms with van der Waals surface area (Å²) in [4.78, 5) is 4.10. The second-order valence-electron chi connectivity index (χ2n) is 3.45. The molecule has 0 aliphatic carbocycles. The van der Waals surface area contributed by atoms with E-state index in [1.807, 2.05) is 19.1 Å². The number of pyridine rings is 1. The fourth-order valence-electron chi connectivity index (χ4n) is 1.46. The first-order valence-electron chi connectivity index (χ1n) is 4.66. The van der Waals surface area contributed by atoms with Gasteiger partial charge in [0, 0.05) is 11.9 Å². The Bertz CT molecular complexity index is 374. The van der Waals surface area contributed by atoms with E-state index in [1.54, 1.807) is 6.20 Å². The molecule has 0 bridgehead atoms. The third kappa shape index (κ3) is 2.20. The molecule has 2 heteroatoms. The molecule has 0 spiro atoms. The third-order valence-electron chi connectivity index (χ3n) is 2.24. The van der Waals surface area contributed by atoms with E-state index >= 15 is 0 Å². The fraction of sp³-hybridized carbons (Fsp3) is 0.333. The minimum absolute atomic E-state index is 0.337. The third-order valence-corrected chi connectivity index (χ3v) is 2.24. The lowest BCUT2D eigenvalue weighted by molar-refractivity contribution is 0.774. The lowest BCUT2D eigenvalue weighted by Gasteiger charge is -2.11. The summed E-state index contributed by atoms with van der Waals surface area (Å²) < 4.78 is 0. The van der Waals surface area contributed by atoms with Crippen molar-refractivity contribution in [2.75, 3.05) is 0 Å². The summed E-state index contributed by atoms with van der Waals surface area (Å²) >= 11 is 0. The maximum atomic E-state index is 8.91. The first-order valence-corrected chi connectivity index (χ1v) is 4.66. The van der Waals surface area contributed by atoms with Crippen LogP contribution in [0.5, 0.6) is 0 Å². The van der Waals surface area contributed by atoms with Gasteiger partial charge in [0.2, 0.25) is 0 Å². The van der Waals surface area contributed by atoms with E-state index in [0.717, 1.165) is 17.7 Å². The van der Waals surface area contributed by atoms with Crippen LogP contribution in [0, 0.1) is 18.3 Å². The molecule has 1 aromatic rings. The number of allylic oxidation sites excluding steroid dienone is 1. The van der Waals surface area contributed by atoms with Gasteiger partial charge in [-0.05, 0) is 30.9 Å². The van der Waals surface area contributed by atoms with Crippen molar-refractivity contribution in [2.45, 2.75) is 26.2 Å². The average Bonchev–Trinajstić information content (AvgIpc) is 2.18. The topological polar surface area (TPSA) is 36.7 Å². The van der Waals surface area contributed by atoms with Gasteiger partial charge in [0.15, 0.2) is 0 Å². The lowest BCUT2D eigenvalue weighted by Crippen LogP contribution is -1.98. The van der Waals surface area contributed by atoms with Crippen molar-refractivity contribution in [1.82, 2.24) is 4.98 Å². The standard InChI is InChI=1S/C12H14N2/c1-4-5-9(2)12-6-10(3)14-8-11(12)7-13/h4,6,8-9H,1,5H2,2-3H3. The van der Waals surface area contributed by atoms with Crippen LogP contribution in [0.1, 0.15) is 36.1 Å². The minimum Gasteiger partial charge on any atom is -0.260 e. The molecule has 72 valence electrons. The van der Waals surface area contributed by atoms with Crippen molar-refractivity contribution in [2.24, 2.45) is 0 Å². The molecule has 1 rings (SSSR count). The quantitative estimate of drug-likeness (QED) is 0.680. The van der Waals surface area contributed by atoms with Gasteiger partial charge in [0.1, 0.15) is 6.07 Å². The molecule has 14 heavy (non-hydrogen) atoms. The Balaban J connectivity index is 3.11. The summed E-state index contributed by atoms with van der Waals surface area (Å²) in [5.41, 5.74) is 2.69. The Morgan fingerprint density at radius 3 is 3.00 bits per heavy atom. The Kier molecular flexibility index (Phi) is 3.41. The lowest BCUT2D eigenvalue weighted by atomic mass is 9.94. The highest BCUT2D eigenvalue weighted by molar-refractivity contribution is 5.38. The maximum Gasteiger partial charge on any atom is 0.101 e. The first-order chi connectivity index (χ1) is 6.69. The highest BCUT2D eigenvalue weighted by atomic mass is 14.7. The van der Waals surface area contributed by atoms with Crippen molar-refractivity contribution in [1.29, 1.82) is 5.26 Å². The second kappa shape index (κ2) is 4.57. The molecule has 0 saturated heterocycles. The zero-order valence-electron chi connectivity index (χ0n) is 8.62. The van der Waals surface area contributed by atoms with Gasteiger partial charge in [0.25, 0.3) is 0 Å². The number of aryl methyl sites for hydroxylation is 1. The van der Waals surface area contributed by atoms with Crippen LogP contribution >= 0.6 is 0 Å². The summed E-state index contributed by atoms with van der Waals surface area (Å²) in [5.74, 6) is 0.337. The van der Waals surface area contributed by atoms with Crippen molar-refractivity contribution in [3.63, 3.8) is 0 Å². The maximum absolute atomic E-state index is 8.91. The van der Waals surface area contributed by atoms with Crippen molar-refractivity contribution in [3.05, 3.63) is 41.7 Å². The summed E-state index contributed by atoms with van der Waals surface area (Å²) in [6.07, 6.45) is 4.41. The SMILES string of the molecule is C=CCC(C)c1cc(C)ncc1C#N. The van der Waals surface area contributed by atoms with Crippen molar-refractivity contribution < 1.29 is 0 Å². The van der Waals surface area contributed by atoms with Crippen LogP contribution in [0.15, 0.2) is 24.9 Å². The van der Waals surface area contributed by atoms with Crippen molar-refractivity contribution in [3.8, 4) is 6.07 Å². The Labute approximate surface area is 84.9 Å². The van der Waals surface area contributed by atoms with Gasteiger partial charge < -0.3 is 0 Å². The van der Waals surface area contributed by atoms with E-state index < -0.39 is 0 Å². The molecule has 0 aromatic carbocycles. The smallest absolute Gasteiger partial charge is 0.101 e. The monoisotopic (exact) mass is 186 g/mol. The number of hydrogen-bond donors (Lipinski definition) is 0. The number of nitrogens with zero attached hydrogens (tertiary/aromatic N) is 2. The molecule has 2 nitrogen and oxygen atoms in total. The van der Waals surface area contributed by atoms with Crippen LogP contribution in [0.4, 0.5) is 0 Å². The molecule has 0 N–H and O–H groups in total. The van der Waals surface area contributed by atoms with Gasteiger partial charge in [0.05, 0.1) is 5.56 Å². The number of nitriles is 1. The molecular weight excluding hydrogens is 172 g/mol. The summed E-state index contributed by atoms with van der Waals surface area (Å²) in [6.45, 7) is 7.74. The fourth-order valence-corrected chi connectivity index (χ4v) is 1.46. The van der Waals surface area contributed by atoms with E-state index in [9.17, 15) is 0 Å². The Morgan fingerprint density at radius 2 is 2.43 bits per heavy atom. The van der Waals surface area contributed by atoms with Crippen LogP contribution in [0.25, 0.3) is 0 Å². The molecule has 0 fully saturated rings. The van der Waals surface area contributed by atoms with E-state index in [-0.39, 0.29) is 0 Å². The molecule has 1 unspecified atom stereocenters. The predicted octanol–water partition coefficient (Wildman–Crippen LogP) is 2.94. The highest BCUT2D eigenvalue weighted by Crippen LogP contribution is 2.22. The number of rotatable bonds is 3. The normalized spacial score (nSPS) is 11.8. The Hall–Kier alpha value is -1.62. The summed E-state index contributed by atoms with van der Waals surface area (Å²) in [7, 11) is 0. The molecule has 0 aliphatic heterocycles. The zero-order chi connectivity index (χ0) is 10.6. The molecule has 1 aromatic heterocycles. The summed E-state index contributed by atoms with van der Waals surface area (Å²) in [5, 5.41) is 8.91. The zero-order valence-corrected chi connectivity index (χ0v) is 8.62. The van der Waals surface area contributed by atoms with E-state index in [4.69, 9.17) is 5.26 Å². The van der Waals surface area contributed by atoms with Gasteiger partial charge in [-0.2, -0.15) is 5.26 Å². The van der Waals surface area contributed by atoms with E-state index in [2.05, 4.69) is 24.6 Å². The molecule has 0 saturated carbocycles. The van der Waals surface area contributed by atoms with Crippen molar-refractivity contribution >= 4 is 0 Å². The molecule has 1 heterocycles. The van der Waals surface area contributed by atoms with Crippen LogP contribution in [-0.4, -0.2) is 4.98 Å². The van der Waals surface area contributed by atoms with Gasteiger partial charge in [-0.25, -0.2) is 0 Å². The molecule has 0 radical (unpaired) electrons. The predicted molar refractivity (Wildman–Crippen MR) is 56.9 cm³/mol. The summed E-state index contributed by atoms with van der Waals surface area (Å²) in [6, 6.07) is 4.14. The molecule has 0 aliphatic rings. The van der Waals surface area contributed by atoms with E-state index in [0.29, 0.717) is 11.5 Å². The second-order valence-corrected chi connectivity index (χ2v) is 3.45. The van der Waals surface area contributed by atoms with Gasteiger partial charge in [-0.3, -0.25) is 4.98 Å². The van der Waals surface area contributed by atoms with Crippen LogP contribution in [0.3, 0.4) is 0 Å². The van der Waals surface area contributed by atoms with Crippen LogP contribution < -0.4 is 0 Å². The highest BCUT2D eigenvalue weighted by Gasteiger charge is 2.09. The largest absolute Gasteiger partial charge is 0.260 e. The van der Waals surface area contributed by atoms with Gasteiger partial charge in [-0.1, -0.05) is 13.0 Å². The van der Waals surface area contributed by atoms with Crippen LogP contribution in [0.2, 0.25) is 0 Å². The Morgan fingerprint density at radius 1 is 1.71 bits per heavy atom. The van der Waals surface area contributed by atoms with E-state index in [1.165, 1.54) is 0 Å². The van der Waals surface area contributed by atoms with Gasteiger partial charge in [-0.15, -0.1) is 6.58 Å². The number of aromatic nitrogens is 1. The average molecular weight is 186 g/mol. The number of hydrogen-bond acceptors (Lipinski definition) is 2. The van der Waals surface area contributed by atoms with Crippen LogP contribution in [-0.2, 0) is 0 Å². The molecule has 1 atom stereocenters. The molecule has 0 amide bonds. The minimum atomic E-state index is 0.337.